The zero-order valence-corrected chi connectivity index (χ0v) is 14.0. The summed E-state index contributed by atoms with van der Waals surface area (Å²) in [4.78, 5) is 15.1. The molecule has 0 N–H and O–H groups in total. The van der Waals surface area contributed by atoms with Crippen molar-refractivity contribution in [1.29, 1.82) is 0 Å². The molecule has 3 heterocycles. The molecule has 2 fully saturated rings. The van der Waals surface area contributed by atoms with Crippen molar-refractivity contribution in [2.75, 3.05) is 19.8 Å². The third-order valence-corrected chi connectivity index (χ3v) is 5.50. The summed E-state index contributed by atoms with van der Waals surface area (Å²) in [5.41, 5.74) is 1.14. The first-order valence-electron chi connectivity index (χ1n) is 9.05. The lowest BCUT2D eigenvalue weighted by molar-refractivity contribution is -0.133. The second kappa shape index (κ2) is 5.83. The lowest BCUT2D eigenvalue weighted by atomic mass is 10.0. The minimum Gasteiger partial charge on any atom is -0.486 e. The van der Waals surface area contributed by atoms with Gasteiger partial charge in [-0.05, 0) is 49.1 Å². The summed E-state index contributed by atoms with van der Waals surface area (Å²) in [6.45, 7) is 2.01. The van der Waals surface area contributed by atoms with E-state index in [4.69, 9.17) is 13.9 Å². The maximum absolute atomic E-state index is 13.0. The van der Waals surface area contributed by atoms with Gasteiger partial charge < -0.3 is 18.8 Å². The lowest BCUT2D eigenvalue weighted by Gasteiger charge is -2.27. The molecule has 3 atom stereocenters. The van der Waals surface area contributed by atoms with Crippen molar-refractivity contribution in [2.24, 2.45) is 5.92 Å². The zero-order chi connectivity index (χ0) is 16.8. The molecule has 3 aliphatic rings. The van der Waals surface area contributed by atoms with Crippen molar-refractivity contribution in [1.82, 2.24) is 4.90 Å². The Bertz CT molecular complexity index is 785. The number of hydrogen-bond donors (Lipinski definition) is 0. The molecule has 2 aromatic rings. The smallest absolute Gasteiger partial charge is 0.226 e. The van der Waals surface area contributed by atoms with Crippen molar-refractivity contribution in [3.8, 4) is 11.5 Å². The highest BCUT2D eigenvalue weighted by atomic mass is 16.6. The fourth-order valence-corrected chi connectivity index (χ4v) is 4.14. The maximum Gasteiger partial charge on any atom is 0.226 e. The van der Waals surface area contributed by atoms with Crippen LogP contribution >= 0.6 is 0 Å². The normalized spacial score (nSPS) is 27.4. The van der Waals surface area contributed by atoms with E-state index in [-0.39, 0.29) is 23.8 Å². The number of ether oxygens (including phenoxy) is 2. The Balaban J connectivity index is 1.35. The Hall–Kier alpha value is -2.43. The first-order valence-corrected chi connectivity index (χ1v) is 9.05. The molecule has 0 bridgehead atoms. The van der Waals surface area contributed by atoms with Gasteiger partial charge in [0.15, 0.2) is 11.5 Å². The molecule has 2 aliphatic heterocycles. The molecule has 5 nitrogen and oxygen atoms in total. The first kappa shape index (κ1) is 14.9. The van der Waals surface area contributed by atoms with Crippen molar-refractivity contribution in [2.45, 2.75) is 31.2 Å². The summed E-state index contributed by atoms with van der Waals surface area (Å²) in [6.07, 6.45) is 4.63. The van der Waals surface area contributed by atoms with Crippen molar-refractivity contribution in [3.63, 3.8) is 0 Å². The Morgan fingerprint density at radius 3 is 2.84 bits per heavy atom. The summed E-state index contributed by atoms with van der Waals surface area (Å²) < 4.78 is 16.8. The van der Waals surface area contributed by atoms with Crippen LogP contribution in [-0.4, -0.2) is 30.6 Å². The van der Waals surface area contributed by atoms with Gasteiger partial charge in [0.2, 0.25) is 5.91 Å². The van der Waals surface area contributed by atoms with E-state index < -0.39 is 0 Å². The minimum atomic E-state index is 0.0731. The van der Waals surface area contributed by atoms with Crippen LogP contribution in [0.1, 0.15) is 42.5 Å². The van der Waals surface area contributed by atoms with Crippen LogP contribution in [0.2, 0.25) is 0 Å². The Labute approximate surface area is 146 Å². The van der Waals surface area contributed by atoms with Crippen LogP contribution in [0.4, 0.5) is 0 Å². The highest BCUT2D eigenvalue weighted by Crippen LogP contribution is 2.50. The minimum absolute atomic E-state index is 0.0731. The lowest BCUT2D eigenvalue weighted by Crippen LogP contribution is -2.32. The topological polar surface area (TPSA) is 51.9 Å². The molecule has 1 aromatic carbocycles. The fraction of sp³-hybridized carbons (Fsp3) is 0.450. The Kier molecular flexibility index (Phi) is 3.47. The van der Waals surface area contributed by atoms with Gasteiger partial charge in [-0.3, -0.25) is 4.79 Å². The van der Waals surface area contributed by atoms with Crippen LogP contribution in [-0.2, 0) is 4.79 Å². The van der Waals surface area contributed by atoms with Crippen molar-refractivity contribution < 1.29 is 18.7 Å². The van der Waals surface area contributed by atoms with Crippen LogP contribution < -0.4 is 9.47 Å². The predicted molar refractivity (Wildman–Crippen MR) is 90.7 cm³/mol. The molecule has 1 saturated carbocycles. The third-order valence-electron chi connectivity index (χ3n) is 5.50. The molecule has 1 aromatic heterocycles. The Morgan fingerprint density at radius 1 is 1.12 bits per heavy atom. The largest absolute Gasteiger partial charge is 0.486 e. The number of rotatable bonds is 3. The molecule has 0 spiro atoms. The molecule has 5 rings (SSSR count). The number of likely N-dealkylation sites (tertiary alicyclic amines) is 1. The monoisotopic (exact) mass is 339 g/mol. The molecule has 5 heteroatoms. The quantitative estimate of drug-likeness (QED) is 0.858. The first-order chi connectivity index (χ1) is 12.3. The van der Waals surface area contributed by atoms with Crippen LogP contribution in [0.3, 0.4) is 0 Å². The van der Waals surface area contributed by atoms with E-state index in [0.29, 0.717) is 13.2 Å². The van der Waals surface area contributed by atoms with Gasteiger partial charge in [-0.2, -0.15) is 0 Å². The van der Waals surface area contributed by atoms with Gasteiger partial charge in [-0.25, -0.2) is 0 Å². The van der Waals surface area contributed by atoms with Gasteiger partial charge in [-0.1, -0.05) is 6.07 Å². The SMILES string of the molecule is O=C([C@@H]1C[C@H]1c1ccco1)N1CCC[C@H]1c1ccc2c(c1)OCCO2. The van der Waals surface area contributed by atoms with Gasteiger partial charge >= 0.3 is 0 Å². The molecule has 0 unspecified atom stereocenters. The molecule has 0 radical (unpaired) electrons. The summed E-state index contributed by atoms with van der Waals surface area (Å²) in [5, 5.41) is 0. The predicted octanol–water partition coefficient (Wildman–Crippen LogP) is 3.52. The highest BCUT2D eigenvalue weighted by Gasteiger charge is 2.49. The number of amides is 1. The molecular formula is C20H21NO4. The average molecular weight is 339 g/mol. The Morgan fingerprint density at radius 2 is 2.00 bits per heavy atom. The standard InChI is InChI=1S/C20H21NO4/c22-20(15-12-14(15)17-4-2-8-23-17)21-7-1-3-16(21)13-5-6-18-19(11-13)25-10-9-24-18/h2,4-6,8,11,14-16H,1,3,7,9-10,12H2/t14-,15-,16+/m1/s1. The number of nitrogens with zero attached hydrogens (tertiary/aromatic N) is 1. The van der Waals surface area contributed by atoms with E-state index >= 15 is 0 Å². The molecule has 25 heavy (non-hydrogen) atoms. The molecule has 1 aliphatic carbocycles. The second-order valence-electron chi connectivity index (χ2n) is 7.06. The van der Waals surface area contributed by atoms with Gasteiger partial charge in [0.1, 0.15) is 19.0 Å². The number of furan rings is 1. The number of carbonyl (C=O) groups is 1. The number of hydrogen-bond acceptors (Lipinski definition) is 4. The second-order valence-corrected chi connectivity index (χ2v) is 7.06. The third kappa shape index (κ3) is 2.58. The van der Waals surface area contributed by atoms with E-state index in [1.165, 1.54) is 0 Å². The van der Waals surface area contributed by atoms with E-state index in [0.717, 1.165) is 48.6 Å². The van der Waals surface area contributed by atoms with Crippen LogP contribution in [0.25, 0.3) is 0 Å². The van der Waals surface area contributed by atoms with Crippen molar-refractivity contribution >= 4 is 5.91 Å². The van der Waals surface area contributed by atoms with Crippen LogP contribution in [0.15, 0.2) is 41.0 Å². The number of carbonyl (C=O) groups excluding carboxylic acids is 1. The van der Waals surface area contributed by atoms with Gasteiger partial charge in [0.25, 0.3) is 0 Å². The summed E-state index contributed by atoms with van der Waals surface area (Å²) in [6, 6.07) is 10.1. The van der Waals surface area contributed by atoms with Crippen molar-refractivity contribution in [3.05, 3.63) is 47.9 Å². The molecule has 1 saturated heterocycles. The summed E-state index contributed by atoms with van der Waals surface area (Å²) >= 11 is 0. The molecular weight excluding hydrogens is 318 g/mol. The highest BCUT2D eigenvalue weighted by molar-refractivity contribution is 5.83. The van der Waals surface area contributed by atoms with E-state index in [9.17, 15) is 4.79 Å². The van der Waals surface area contributed by atoms with Gasteiger partial charge in [-0.15, -0.1) is 0 Å². The fourth-order valence-electron chi connectivity index (χ4n) is 4.14. The van der Waals surface area contributed by atoms with Crippen LogP contribution in [0.5, 0.6) is 11.5 Å². The number of fused-ring (bicyclic) bond motifs is 1. The molecule has 1 amide bonds. The number of benzene rings is 1. The summed E-state index contributed by atoms with van der Waals surface area (Å²) in [7, 11) is 0. The van der Waals surface area contributed by atoms with Gasteiger partial charge in [0, 0.05) is 18.4 Å². The average Bonchev–Trinajstić information content (AvgIpc) is 3.06. The van der Waals surface area contributed by atoms with E-state index in [1.807, 2.05) is 24.3 Å². The van der Waals surface area contributed by atoms with E-state index in [2.05, 4.69) is 11.0 Å². The maximum atomic E-state index is 13.0. The van der Waals surface area contributed by atoms with Crippen LogP contribution in [0, 0.1) is 5.92 Å². The van der Waals surface area contributed by atoms with Gasteiger partial charge in [0.05, 0.1) is 12.3 Å². The van der Waals surface area contributed by atoms with E-state index in [1.54, 1.807) is 6.26 Å². The molecule has 130 valence electrons. The summed E-state index contributed by atoms with van der Waals surface area (Å²) in [5.74, 6) is 3.12. The zero-order valence-electron chi connectivity index (χ0n) is 14.0.